The van der Waals surface area contributed by atoms with Gasteiger partial charge in [-0.05, 0) is 49.4 Å². The maximum atomic E-state index is 14.1. The Labute approximate surface area is 132 Å². The van der Waals surface area contributed by atoms with Gasteiger partial charge in [0.15, 0.2) is 0 Å². The van der Waals surface area contributed by atoms with Crippen molar-refractivity contribution in [3.63, 3.8) is 0 Å². The lowest BCUT2D eigenvalue weighted by Gasteiger charge is -2.41. The Kier molecular flexibility index (Phi) is 3.63. The lowest BCUT2D eigenvalue weighted by atomic mass is 9.75. The van der Waals surface area contributed by atoms with Crippen LogP contribution in [0.15, 0.2) is 18.2 Å². The van der Waals surface area contributed by atoms with Gasteiger partial charge in [0.1, 0.15) is 5.60 Å². The minimum atomic E-state index is -3.82. The first-order valence-corrected chi connectivity index (χ1v) is 7.57. The molecule has 0 unspecified atom stereocenters. The summed E-state index contributed by atoms with van der Waals surface area (Å²) in [5, 5.41) is 12.0. The van der Waals surface area contributed by atoms with Crippen molar-refractivity contribution in [2.24, 2.45) is 0 Å². The summed E-state index contributed by atoms with van der Waals surface area (Å²) in [6.07, 6.45) is 0.939. The highest BCUT2D eigenvalue weighted by Crippen LogP contribution is 2.44. The van der Waals surface area contributed by atoms with Crippen LogP contribution >= 0.6 is 0 Å². The topological polar surface area (TPSA) is 69.6 Å². The molecule has 0 bridgehead atoms. The Bertz CT molecular complexity index is 671. The van der Waals surface area contributed by atoms with Crippen LogP contribution in [0.3, 0.4) is 0 Å². The van der Waals surface area contributed by atoms with E-state index in [-0.39, 0.29) is 24.4 Å². The summed E-state index contributed by atoms with van der Waals surface area (Å²) in [7, 11) is 0. The number of nitrogens with zero attached hydrogens (tertiary/aromatic N) is 1. The van der Waals surface area contributed by atoms with Crippen molar-refractivity contribution < 1.29 is 23.5 Å². The van der Waals surface area contributed by atoms with E-state index in [0.29, 0.717) is 19.4 Å². The van der Waals surface area contributed by atoms with Crippen molar-refractivity contribution in [1.29, 1.82) is 0 Å². The van der Waals surface area contributed by atoms with Crippen molar-refractivity contribution in [3.8, 4) is 0 Å². The first kappa shape index (κ1) is 15.9. The van der Waals surface area contributed by atoms with Gasteiger partial charge in [0.05, 0.1) is 0 Å². The molecule has 124 valence electrons. The normalized spacial score (nSPS) is 19.0. The molecular weight excluding hydrogens is 306 g/mol. The first-order chi connectivity index (χ1) is 10.7. The van der Waals surface area contributed by atoms with Crippen molar-refractivity contribution in [2.45, 2.75) is 44.1 Å². The molecule has 1 aromatic rings. The van der Waals surface area contributed by atoms with Crippen molar-refractivity contribution in [3.05, 3.63) is 23.8 Å². The number of fused-ring (bicyclic) bond motifs is 1. The first-order valence-electron chi connectivity index (χ1n) is 7.57. The highest BCUT2D eigenvalue weighted by atomic mass is 19.3. The Hall–Kier alpha value is -2.02. The van der Waals surface area contributed by atoms with Gasteiger partial charge in [-0.25, -0.2) is 0 Å². The number of alkyl halides is 2. The molecule has 5 nitrogen and oxygen atoms in total. The number of hydrogen-bond acceptors (Lipinski definition) is 3. The zero-order chi connectivity index (χ0) is 16.8. The summed E-state index contributed by atoms with van der Waals surface area (Å²) < 4.78 is 28.1. The highest BCUT2D eigenvalue weighted by molar-refractivity contribution is 5.98. The number of halogens is 2. The lowest BCUT2D eigenvalue weighted by Crippen LogP contribution is -2.59. The van der Waals surface area contributed by atoms with Crippen molar-refractivity contribution in [1.82, 2.24) is 0 Å². The zero-order valence-corrected chi connectivity index (χ0v) is 12.7. The van der Waals surface area contributed by atoms with E-state index in [2.05, 4.69) is 5.32 Å². The number of aliphatic hydroxyl groups is 1. The van der Waals surface area contributed by atoms with Crippen LogP contribution in [0.5, 0.6) is 0 Å². The molecule has 1 fully saturated rings. The lowest BCUT2D eigenvalue weighted by molar-refractivity contribution is -0.212. The predicted molar refractivity (Wildman–Crippen MR) is 80.6 cm³/mol. The van der Waals surface area contributed by atoms with Crippen LogP contribution in [-0.4, -0.2) is 35.0 Å². The third-order valence-electron chi connectivity index (χ3n) is 4.66. The molecule has 0 saturated heterocycles. The van der Waals surface area contributed by atoms with Gasteiger partial charge in [0.25, 0.3) is 5.91 Å². The molecule has 1 aliphatic carbocycles. The Balaban J connectivity index is 1.77. The van der Waals surface area contributed by atoms with Crippen molar-refractivity contribution in [2.75, 3.05) is 16.8 Å². The van der Waals surface area contributed by atoms with E-state index in [1.54, 1.807) is 17.0 Å². The number of carbonyl (C=O) groups is 2. The summed E-state index contributed by atoms with van der Waals surface area (Å²) in [6, 6.07) is 4.71. The number of anilines is 2. The predicted octanol–water partition coefficient (Wildman–Crippen LogP) is 2.08. The fourth-order valence-electron chi connectivity index (χ4n) is 3.05. The molecule has 0 radical (unpaired) electrons. The molecule has 3 rings (SSSR count). The minimum Gasteiger partial charge on any atom is -0.383 e. The second-order valence-corrected chi connectivity index (χ2v) is 6.18. The third-order valence-corrected chi connectivity index (χ3v) is 4.66. The van der Waals surface area contributed by atoms with E-state index in [1.807, 2.05) is 0 Å². The summed E-state index contributed by atoms with van der Waals surface area (Å²) in [6.45, 7) is 2.00. The summed E-state index contributed by atoms with van der Waals surface area (Å²) in [5.41, 5.74) is -0.440. The van der Waals surface area contributed by atoms with E-state index in [9.17, 15) is 23.5 Å². The summed E-state index contributed by atoms with van der Waals surface area (Å²) in [5.74, 6) is -5.41. The van der Waals surface area contributed by atoms with Crippen LogP contribution < -0.4 is 10.2 Å². The van der Waals surface area contributed by atoms with Gasteiger partial charge in [0, 0.05) is 24.8 Å². The molecule has 1 aromatic carbocycles. The monoisotopic (exact) mass is 324 g/mol. The summed E-state index contributed by atoms with van der Waals surface area (Å²) >= 11 is 0. The van der Waals surface area contributed by atoms with Crippen LogP contribution in [0, 0.1) is 0 Å². The smallest absolute Gasteiger partial charge is 0.352 e. The molecule has 0 atom stereocenters. The molecule has 1 saturated carbocycles. The zero-order valence-electron chi connectivity index (χ0n) is 12.7. The highest BCUT2D eigenvalue weighted by Gasteiger charge is 2.61. The minimum absolute atomic E-state index is 0.0782. The van der Waals surface area contributed by atoms with Crippen molar-refractivity contribution >= 4 is 23.2 Å². The van der Waals surface area contributed by atoms with Gasteiger partial charge in [0.2, 0.25) is 5.91 Å². The van der Waals surface area contributed by atoms with Gasteiger partial charge in [-0.2, -0.15) is 8.78 Å². The number of carbonyl (C=O) groups excluding carboxylic acids is 2. The largest absolute Gasteiger partial charge is 0.383 e. The van der Waals surface area contributed by atoms with Crippen LogP contribution in [0.25, 0.3) is 0 Å². The third kappa shape index (κ3) is 2.49. The molecule has 2 aliphatic rings. The standard InChI is InChI=1S/C16H18F2N2O3/c1-10(21)20-8-5-11-9-12(3-4-13(11)20)19-14(22)16(17,18)15(23)6-2-7-15/h3-4,9,23H,2,5-8H2,1H3,(H,19,22). The Morgan fingerprint density at radius 2 is 2.04 bits per heavy atom. The second-order valence-electron chi connectivity index (χ2n) is 6.18. The number of benzene rings is 1. The fourth-order valence-corrected chi connectivity index (χ4v) is 3.05. The van der Waals surface area contributed by atoms with Crippen LogP contribution in [0.1, 0.15) is 31.7 Å². The molecule has 0 aromatic heterocycles. The molecular formula is C16H18F2N2O3. The van der Waals surface area contributed by atoms with Gasteiger partial charge in [-0.15, -0.1) is 0 Å². The number of rotatable bonds is 3. The number of hydrogen-bond donors (Lipinski definition) is 2. The van der Waals surface area contributed by atoms with E-state index < -0.39 is 17.4 Å². The maximum Gasteiger partial charge on any atom is 0.352 e. The maximum absolute atomic E-state index is 14.1. The van der Waals surface area contributed by atoms with Crippen LogP contribution in [-0.2, 0) is 16.0 Å². The molecule has 2 N–H and O–H groups in total. The van der Waals surface area contributed by atoms with E-state index in [1.165, 1.54) is 13.0 Å². The summed E-state index contributed by atoms with van der Waals surface area (Å²) in [4.78, 5) is 24.9. The number of amides is 2. The number of nitrogens with one attached hydrogen (secondary N) is 1. The van der Waals surface area contributed by atoms with Crippen LogP contribution in [0.2, 0.25) is 0 Å². The molecule has 1 heterocycles. The van der Waals surface area contributed by atoms with Gasteiger partial charge >= 0.3 is 5.92 Å². The molecule has 1 aliphatic heterocycles. The molecule has 2 amide bonds. The Morgan fingerprint density at radius 3 is 2.61 bits per heavy atom. The van der Waals surface area contributed by atoms with Gasteiger partial charge in [-0.1, -0.05) is 0 Å². The Morgan fingerprint density at radius 1 is 1.35 bits per heavy atom. The second kappa shape index (κ2) is 5.26. The fraction of sp³-hybridized carbons (Fsp3) is 0.500. The average molecular weight is 324 g/mol. The van der Waals surface area contributed by atoms with Crippen LogP contribution in [0.4, 0.5) is 20.2 Å². The molecule has 0 spiro atoms. The molecule has 23 heavy (non-hydrogen) atoms. The van der Waals surface area contributed by atoms with Gasteiger partial charge in [-0.3, -0.25) is 9.59 Å². The van der Waals surface area contributed by atoms with E-state index in [4.69, 9.17) is 0 Å². The van der Waals surface area contributed by atoms with E-state index in [0.717, 1.165) is 11.3 Å². The quantitative estimate of drug-likeness (QED) is 0.894. The SMILES string of the molecule is CC(=O)N1CCc2cc(NC(=O)C(F)(F)C3(O)CCC3)ccc21. The van der Waals surface area contributed by atoms with E-state index >= 15 is 0 Å². The van der Waals surface area contributed by atoms with Gasteiger partial charge < -0.3 is 15.3 Å². The molecule has 7 heteroatoms. The average Bonchev–Trinajstić information content (AvgIpc) is 2.87.